The lowest BCUT2D eigenvalue weighted by Crippen LogP contribution is -2.41. The van der Waals surface area contributed by atoms with Gasteiger partial charge in [-0.2, -0.15) is 0 Å². The van der Waals surface area contributed by atoms with Crippen molar-refractivity contribution in [3.63, 3.8) is 0 Å². The number of carbonyl (C=O) groups is 1. The Balaban J connectivity index is 2.37. The molecule has 68 valence electrons. The molecule has 0 bridgehead atoms. The van der Waals surface area contributed by atoms with E-state index in [1.807, 2.05) is 24.3 Å². The van der Waals surface area contributed by atoms with Crippen LogP contribution in [0.4, 0.5) is 5.69 Å². The van der Waals surface area contributed by atoms with E-state index >= 15 is 0 Å². The lowest BCUT2D eigenvalue weighted by atomic mass is 9.98. The van der Waals surface area contributed by atoms with Gasteiger partial charge in [-0.1, -0.05) is 18.2 Å². The van der Waals surface area contributed by atoms with Gasteiger partial charge in [-0.25, -0.2) is 4.79 Å². The van der Waals surface area contributed by atoms with Crippen molar-refractivity contribution in [2.24, 2.45) is 0 Å². The fraction of sp³-hybridized carbons (Fsp3) is 0.300. The summed E-state index contributed by atoms with van der Waals surface area (Å²) in [6.07, 6.45) is 0.554. The van der Waals surface area contributed by atoms with Crippen LogP contribution in [-0.2, 0) is 11.2 Å². The van der Waals surface area contributed by atoms with Crippen molar-refractivity contribution < 1.29 is 9.90 Å². The van der Waals surface area contributed by atoms with E-state index in [2.05, 4.69) is 5.32 Å². The molecule has 2 rings (SSSR count). The van der Waals surface area contributed by atoms with Gasteiger partial charge in [-0.15, -0.1) is 0 Å². The van der Waals surface area contributed by atoms with Gasteiger partial charge in [0.25, 0.3) is 0 Å². The highest BCUT2D eigenvalue weighted by molar-refractivity contribution is 5.85. The van der Waals surface area contributed by atoms with Gasteiger partial charge in [-0.05, 0) is 18.6 Å². The lowest BCUT2D eigenvalue weighted by molar-refractivity contribution is -0.141. The zero-order chi connectivity index (χ0) is 9.47. The summed E-state index contributed by atoms with van der Waals surface area (Å²) in [5.74, 6) is -0.802. The molecule has 2 N–H and O–H groups in total. The van der Waals surface area contributed by atoms with Crippen molar-refractivity contribution in [1.29, 1.82) is 0 Å². The van der Waals surface area contributed by atoms with Crippen LogP contribution < -0.4 is 5.32 Å². The van der Waals surface area contributed by atoms with Crippen molar-refractivity contribution >= 4 is 11.7 Å². The molecule has 0 fully saturated rings. The Morgan fingerprint density at radius 3 is 2.85 bits per heavy atom. The molecule has 0 spiro atoms. The Bertz CT molecular complexity index is 335. The van der Waals surface area contributed by atoms with Gasteiger partial charge in [0.1, 0.15) is 5.54 Å². The van der Waals surface area contributed by atoms with E-state index in [4.69, 9.17) is 5.11 Å². The predicted octanol–water partition coefficient (Wildman–Crippen LogP) is 1.50. The van der Waals surface area contributed by atoms with Crippen LogP contribution >= 0.6 is 0 Å². The van der Waals surface area contributed by atoms with Gasteiger partial charge in [0, 0.05) is 12.1 Å². The third-order valence-corrected chi connectivity index (χ3v) is 2.44. The molecule has 13 heavy (non-hydrogen) atoms. The minimum atomic E-state index is -0.830. The Labute approximate surface area is 76.4 Å². The highest BCUT2D eigenvalue weighted by atomic mass is 16.4. The average molecular weight is 177 g/mol. The van der Waals surface area contributed by atoms with Gasteiger partial charge in [0.05, 0.1) is 0 Å². The topological polar surface area (TPSA) is 49.3 Å². The molecule has 0 saturated heterocycles. The third kappa shape index (κ3) is 1.16. The first-order valence-corrected chi connectivity index (χ1v) is 4.21. The van der Waals surface area contributed by atoms with Crippen LogP contribution in [0.5, 0.6) is 0 Å². The summed E-state index contributed by atoms with van der Waals surface area (Å²) in [5, 5.41) is 12.0. The standard InChI is InChI=1S/C10H11NO2/c1-10(9(12)13)6-7-4-2-3-5-8(7)11-10/h2-5,11H,6H2,1H3,(H,12,13)/t10-/m1/s1. The van der Waals surface area contributed by atoms with Crippen molar-refractivity contribution in [1.82, 2.24) is 0 Å². The molecule has 1 aliphatic rings. The number of aliphatic carboxylic acids is 1. The minimum absolute atomic E-state index is 0.554. The molecule has 3 heteroatoms. The number of rotatable bonds is 1. The van der Waals surface area contributed by atoms with Crippen molar-refractivity contribution in [3.8, 4) is 0 Å². The van der Waals surface area contributed by atoms with Crippen molar-refractivity contribution in [3.05, 3.63) is 29.8 Å². The summed E-state index contributed by atoms with van der Waals surface area (Å²) in [4.78, 5) is 10.9. The second-order valence-corrected chi connectivity index (χ2v) is 3.60. The number of hydrogen-bond donors (Lipinski definition) is 2. The van der Waals surface area contributed by atoms with Crippen LogP contribution in [0.3, 0.4) is 0 Å². The Hall–Kier alpha value is -1.51. The van der Waals surface area contributed by atoms with E-state index in [0.717, 1.165) is 11.3 Å². The molecular formula is C10H11NO2. The summed E-state index contributed by atoms with van der Waals surface area (Å²) < 4.78 is 0. The SMILES string of the molecule is C[C@]1(C(=O)O)Cc2ccccc2N1. The number of para-hydroxylation sites is 1. The monoisotopic (exact) mass is 177 g/mol. The second kappa shape index (κ2) is 2.49. The van der Waals surface area contributed by atoms with Gasteiger partial charge < -0.3 is 10.4 Å². The number of carboxylic acid groups (broad SMARTS) is 1. The summed E-state index contributed by atoms with van der Waals surface area (Å²) >= 11 is 0. The average Bonchev–Trinajstić information content (AvgIpc) is 2.42. The largest absolute Gasteiger partial charge is 0.480 e. The van der Waals surface area contributed by atoms with Crippen LogP contribution in [-0.4, -0.2) is 16.6 Å². The summed E-state index contributed by atoms with van der Waals surface area (Å²) in [7, 11) is 0. The molecule has 1 heterocycles. The number of anilines is 1. The zero-order valence-electron chi connectivity index (χ0n) is 7.37. The van der Waals surface area contributed by atoms with Crippen LogP contribution in [0, 0.1) is 0 Å². The minimum Gasteiger partial charge on any atom is -0.480 e. The highest BCUT2D eigenvalue weighted by Crippen LogP contribution is 2.31. The predicted molar refractivity (Wildman–Crippen MR) is 49.8 cm³/mol. The molecule has 0 aliphatic carbocycles. The van der Waals surface area contributed by atoms with Crippen molar-refractivity contribution in [2.75, 3.05) is 5.32 Å². The van der Waals surface area contributed by atoms with E-state index in [9.17, 15) is 4.79 Å². The highest BCUT2D eigenvalue weighted by Gasteiger charge is 2.38. The van der Waals surface area contributed by atoms with E-state index in [1.165, 1.54) is 0 Å². The molecule has 1 aromatic carbocycles. The third-order valence-electron chi connectivity index (χ3n) is 2.44. The maximum absolute atomic E-state index is 10.9. The summed E-state index contributed by atoms with van der Waals surface area (Å²) in [5.41, 5.74) is 1.18. The van der Waals surface area contributed by atoms with E-state index in [1.54, 1.807) is 6.92 Å². The molecule has 0 radical (unpaired) electrons. The fourth-order valence-electron chi connectivity index (χ4n) is 1.65. The molecule has 0 aromatic heterocycles. The van der Waals surface area contributed by atoms with Crippen LogP contribution in [0.15, 0.2) is 24.3 Å². The maximum Gasteiger partial charge on any atom is 0.329 e. The van der Waals surface area contributed by atoms with Gasteiger partial charge in [-0.3, -0.25) is 0 Å². The molecule has 0 unspecified atom stereocenters. The number of nitrogens with one attached hydrogen (secondary N) is 1. The van der Waals surface area contributed by atoms with Gasteiger partial charge >= 0.3 is 5.97 Å². The van der Waals surface area contributed by atoms with Crippen LogP contribution in [0.2, 0.25) is 0 Å². The second-order valence-electron chi connectivity index (χ2n) is 3.60. The quantitative estimate of drug-likeness (QED) is 0.683. The lowest BCUT2D eigenvalue weighted by Gasteiger charge is -2.18. The fourth-order valence-corrected chi connectivity index (χ4v) is 1.65. The molecule has 3 nitrogen and oxygen atoms in total. The van der Waals surface area contributed by atoms with Gasteiger partial charge in [0.2, 0.25) is 0 Å². The Kier molecular flexibility index (Phi) is 1.55. The Morgan fingerprint density at radius 1 is 1.54 bits per heavy atom. The normalized spacial score (nSPS) is 25.0. The van der Waals surface area contributed by atoms with E-state index in [-0.39, 0.29) is 0 Å². The molecule has 0 amide bonds. The van der Waals surface area contributed by atoms with Gasteiger partial charge in [0.15, 0.2) is 0 Å². The summed E-state index contributed by atoms with van der Waals surface area (Å²) in [6, 6.07) is 7.69. The van der Waals surface area contributed by atoms with E-state index in [0.29, 0.717) is 6.42 Å². The number of hydrogen-bond acceptors (Lipinski definition) is 2. The Morgan fingerprint density at radius 2 is 2.23 bits per heavy atom. The molecule has 1 aromatic rings. The molecule has 0 saturated carbocycles. The smallest absolute Gasteiger partial charge is 0.329 e. The number of benzene rings is 1. The molecule has 1 aliphatic heterocycles. The van der Waals surface area contributed by atoms with E-state index < -0.39 is 11.5 Å². The van der Waals surface area contributed by atoms with Crippen molar-refractivity contribution in [2.45, 2.75) is 18.9 Å². The number of carboxylic acids is 1. The first-order chi connectivity index (χ1) is 6.12. The summed E-state index contributed by atoms with van der Waals surface area (Å²) in [6.45, 7) is 1.70. The molecular weight excluding hydrogens is 166 g/mol. The van der Waals surface area contributed by atoms with Crippen LogP contribution in [0.25, 0.3) is 0 Å². The first-order valence-electron chi connectivity index (χ1n) is 4.21. The zero-order valence-corrected chi connectivity index (χ0v) is 7.37. The maximum atomic E-state index is 10.9. The number of fused-ring (bicyclic) bond motifs is 1. The first kappa shape index (κ1) is 8.10. The molecule has 1 atom stereocenters. The van der Waals surface area contributed by atoms with Crippen LogP contribution in [0.1, 0.15) is 12.5 Å².